The lowest BCUT2D eigenvalue weighted by Crippen LogP contribution is -2.34. The van der Waals surface area contributed by atoms with Gasteiger partial charge in [-0.2, -0.15) is 4.31 Å². The van der Waals surface area contributed by atoms with Crippen molar-refractivity contribution in [1.82, 2.24) is 4.31 Å². The molecule has 2 aromatic rings. The highest BCUT2D eigenvalue weighted by Gasteiger charge is 2.23. The lowest BCUT2D eigenvalue weighted by atomic mass is 10.2. The van der Waals surface area contributed by atoms with Crippen LogP contribution in [0.2, 0.25) is 0 Å². The summed E-state index contributed by atoms with van der Waals surface area (Å²) >= 11 is 11.3. The maximum Gasteiger partial charge on any atom is 0.255 e. The van der Waals surface area contributed by atoms with Gasteiger partial charge in [0, 0.05) is 36.1 Å². The Morgan fingerprint density at radius 1 is 0.862 bits per heavy atom. The van der Waals surface area contributed by atoms with Crippen molar-refractivity contribution < 1.29 is 21.6 Å². The van der Waals surface area contributed by atoms with Crippen LogP contribution in [0, 0.1) is 0 Å². The second-order valence-corrected chi connectivity index (χ2v) is 10.1. The van der Waals surface area contributed by atoms with Crippen LogP contribution < -0.4 is 10.5 Å². The molecule has 0 saturated heterocycles. The van der Waals surface area contributed by atoms with Crippen LogP contribution in [-0.2, 0) is 20.0 Å². The van der Waals surface area contributed by atoms with Crippen molar-refractivity contribution in [3.8, 4) is 0 Å². The van der Waals surface area contributed by atoms with E-state index in [1.807, 2.05) is 0 Å². The summed E-state index contributed by atoms with van der Waals surface area (Å²) in [4.78, 5) is 12.3. The zero-order chi connectivity index (χ0) is 21.7. The summed E-state index contributed by atoms with van der Waals surface area (Å²) in [5.74, 6) is -0.238. The fourth-order valence-electron chi connectivity index (χ4n) is 2.40. The van der Waals surface area contributed by atoms with Crippen LogP contribution in [0.25, 0.3) is 0 Å². The summed E-state index contributed by atoms with van der Waals surface area (Å²) in [7, 11) is -7.61. The number of rotatable bonds is 9. The zero-order valence-corrected chi connectivity index (χ0v) is 18.2. The number of alkyl halides is 2. The highest BCUT2D eigenvalue weighted by molar-refractivity contribution is 7.89. The molecule has 0 saturated carbocycles. The number of carbonyl (C=O) groups is 1. The molecular weight excluding hydrogens is 461 g/mol. The first-order valence-electron chi connectivity index (χ1n) is 8.26. The number of sulfonamides is 2. The van der Waals surface area contributed by atoms with Gasteiger partial charge in [0.2, 0.25) is 20.0 Å². The molecule has 0 bridgehead atoms. The number of nitrogens with one attached hydrogen (secondary N) is 1. The van der Waals surface area contributed by atoms with Gasteiger partial charge in [0.25, 0.3) is 5.91 Å². The number of primary sulfonamides is 1. The number of nitrogens with two attached hydrogens (primary N) is 1. The van der Waals surface area contributed by atoms with Crippen molar-refractivity contribution in [3.05, 3.63) is 54.1 Å². The van der Waals surface area contributed by atoms with Crippen LogP contribution in [0.4, 0.5) is 5.69 Å². The number of hydrogen-bond donors (Lipinski definition) is 2. The molecule has 2 aromatic carbocycles. The predicted molar refractivity (Wildman–Crippen MR) is 112 cm³/mol. The molecule has 3 N–H and O–H groups in total. The zero-order valence-electron chi connectivity index (χ0n) is 15.1. The molecule has 0 atom stereocenters. The summed E-state index contributed by atoms with van der Waals surface area (Å²) in [6.45, 7) is 0.237. The molecule has 0 unspecified atom stereocenters. The van der Waals surface area contributed by atoms with E-state index in [4.69, 9.17) is 28.3 Å². The van der Waals surface area contributed by atoms with Crippen LogP contribution in [0.5, 0.6) is 0 Å². The Hall–Kier alpha value is -1.69. The van der Waals surface area contributed by atoms with Gasteiger partial charge in [0.05, 0.1) is 9.79 Å². The minimum Gasteiger partial charge on any atom is -0.322 e. The van der Waals surface area contributed by atoms with Crippen LogP contribution in [0.15, 0.2) is 58.3 Å². The van der Waals surface area contributed by atoms with E-state index in [1.165, 1.54) is 52.8 Å². The quantitative estimate of drug-likeness (QED) is 0.532. The Balaban J connectivity index is 2.16. The smallest absolute Gasteiger partial charge is 0.255 e. The Bertz CT molecular complexity index is 1050. The molecule has 0 spiro atoms. The van der Waals surface area contributed by atoms with Gasteiger partial charge < -0.3 is 5.32 Å². The van der Waals surface area contributed by atoms with E-state index >= 15 is 0 Å². The van der Waals surface area contributed by atoms with Gasteiger partial charge in [0.1, 0.15) is 0 Å². The molecular formula is C17H19Cl2N3O5S2. The average Bonchev–Trinajstić information content (AvgIpc) is 2.67. The first-order valence-corrected chi connectivity index (χ1v) is 12.3. The first-order chi connectivity index (χ1) is 13.6. The summed E-state index contributed by atoms with van der Waals surface area (Å²) in [5, 5.41) is 7.61. The fourth-order valence-corrected chi connectivity index (χ4v) is 4.96. The van der Waals surface area contributed by atoms with Crippen molar-refractivity contribution in [1.29, 1.82) is 0 Å². The monoisotopic (exact) mass is 479 g/mol. The molecule has 0 aromatic heterocycles. The SMILES string of the molecule is NS(=O)(=O)c1ccc(NC(=O)c2ccc(S(=O)(=O)N(CCCl)CCCl)cc2)cc1. The molecule has 0 aliphatic carbocycles. The van der Waals surface area contributed by atoms with E-state index in [-0.39, 0.29) is 40.2 Å². The number of nitrogens with zero attached hydrogens (tertiary/aromatic N) is 1. The van der Waals surface area contributed by atoms with Crippen LogP contribution >= 0.6 is 23.2 Å². The third kappa shape index (κ3) is 6.14. The van der Waals surface area contributed by atoms with Gasteiger partial charge in [-0.15, -0.1) is 23.2 Å². The number of anilines is 1. The van der Waals surface area contributed by atoms with Gasteiger partial charge in [-0.3, -0.25) is 4.79 Å². The first kappa shape index (κ1) is 23.6. The number of benzene rings is 2. The van der Waals surface area contributed by atoms with Gasteiger partial charge in [0.15, 0.2) is 0 Å². The fraction of sp³-hybridized carbons (Fsp3) is 0.235. The van der Waals surface area contributed by atoms with Crippen LogP contribution in [0.1, 0.15) is 10.4 Å². The largest absolute Gasteiger partial charge is 0.322 e. The molecule has 0 radical (unpaired) electrons. The molecule has 0 aliphatic heterocycles. The lowest BCUT2D eigenvalue weighted by molar-refractivity contribution is 0.102. The molecule has 2 rings (SSSR count). The third-order valence-electron chi connectivity index (χ3n) is 3.86. The number of carbonyl (C=O) groups excluding carboxylic acids is 1. The maximum atomic E-state index is 12.6. The summed E-state index contributed by atoms with van der Waals surface area (Å²) < 4.78 is 49.0. The molecule has 1 amide bonds. The topological polar surface area (TPSA) is 127 Å². The summed E-state index contributed by atoms with van der Waals surface area (Å²) in [6, 6.07) is 10.7. The van der Waals surface area contributed by atoms with E-state index in [9.17, 15) is 21.6 Å². The van der Waals surface area contributed by atoms with Crippen molar-refractivity contribution in [2.75, 3.05) is 30.2 Å². The molecule has 29 heavy (non-hydrogen) atoms. The van der Waals surface area contributed by atoms with E-state index in [0.29, 0.717) is 5.69 Å². The maximum absolute atomic E-state index is 12.6. The number of halogens is 2. The van der Waals surface area contributed by atoms with Crippen LogP contribution in [-0.4, -0.2) is 51.9 Å². The molecule has 0 heterocycles. The summed E-state index contributed by atoms with van der Waals surface area (Å²) in [6.07, 6.45) is 0. The average molecular weight is 480 g/mol. The number of hydrogen-bond acceptors (Lipinski definition) is 5. The molecule has 0 aliphatic rings. The highest BCUT2D eigenvalue weighted by atomic mass is 35.5. The van der Waals surface area contributed by atoms with E-state index in [0.717, 1.165) is 0 Å². The van der Waals surface area contributed by atoms with Crippen molar-refractivity contribution in [3.63, 3.8) is 0 Å². The van der Waals surface area contributed by atoms with E-state index in [1.54, 1.807) is 0 Å². The van der Waals surface area contributed by atoms with Crippen LogP contribution in [0.3, 0.4) is 0 Å². The molecule has 0 fully saturated rings. The lowest BCUT2D eigenvalue weighted by Gasteiger charge is -2.20. The Morgan fingerprint density at radius 2 is 1.34 bits per heavy atom. The van der Waals surface area contributed by atoms with Crippen molar-refractivity contribution in [2.24, 2.45) is 5.14 Å². The van der Waals surface area contributed by atoms with Gasteiger partial charge in [-0.25, -0.2) is 22.0 Å². The standard InChI is InChI=1S/C17H19Cl2N3O5S2/c18-9-11-22(12-10-19)29(26,27)16-5-1-13(2-6-16)17(23)21-14-3-7-15(8-4-14)28(20,24)25/h1-8H,9-12H2,(H,21,23)(H2,20,24,25). The number of amides is 1. The normalized spacial score (nSPS) is 12.1. The minimum atomic E-state index is -3.82. The second-order valence-electron chi connectivity index (χ2n) is 5.83. The van der Waals surface area contributed by atoms with Crippen molar-refractivity contribution in [2.45, 2.75) is 9.79 Å². The highest BCUT2D eigenvalue weighted by Crippen LogP contribution is 2.18. The van der Waals surface area contributed by atoms with Gasteiger partial charge in [-0.05, 0) is 48.5 Å². The second kappa shape index (κ2) is 9.88. The van der Waals surface area contributed by atoms with E-state index < -0.39 is 26.0 Å². The molecule has 158 valence electrons. The van der Waals surface area contributed by atoms with Gasteiger partial charge in [-0.1, -0.05) is 0 Å². The summed E-state index contributed by atoms with van der Waals surface area (Å²) in [5.41, 5.74) is 0.579. The van der Waals surface area contributed by atoms with E-state index in [2.05, 4.69) is 5.32 Å². The minimum absolute atomic E-state index is 0.0155. The van der Waals surface area contributed by atoms with Gasteiger partial charge >= 0.3 is 0 Å². The van der Waals surface area contributed by atoms with Crippen molar-refractivity contribution >= 4 is 54.8 Å². The Kier molecular flexibility index (Phi) is 8.03. The Labute approximate surface area is 179 Å². The predicted octanol–water partition coefficient (Wildman–Crippen LogP) is 2.05. The third-order valence-corrected chi connectivity index (χ3v) is 7.04. The molecule has 12 heteroatoms. The molecule has 8 nitrogen and oxygen atoms in total. The Morgan fingerprint density at radius 3 is 1.79 bits per heavy atom.